The lowest BCUT2D eigenvalue weighted by atomic mass is 10.4. The fraction of sp³-hybridized carbons (Fsp3) is 0.857. The van der Waals surface area contributed by atoms with Gasteiger partial charge < -0.3 is 9.47 Å². The van der Waals surface area contributed by atoms with Gasteiger partial charge >= 0.3 is 5.97 Å². The van der Waals surface area contributed by atoms with Crippen LogP contribution in [0.1, 0.15) is 0 Å². The normalized spacial score (nSPS) is 21.8. The molecule has 0 N–H and O–H groups in total. The first-order valence-electron chi connectivity index (χ1n) is 3.81. The summed E-state index contributed by atoms with van der Waals surface area (Å²) in [5.41, 5.74) is 0. The quantitative estimate of drug-likeness (QED) is 0.517. The number of morpholine rings is 1. The third-order valence-corrected chi connectivity index (χ3v) is 1.78. The molecule has 0 aromatic rings. The topological polar surface area (TPSA) is 58.7 Å². The zero-order valence-corrected chi connectivity index (χ0v) is 6.99. The number of methoxy groups -OCH3 is 1. The van der Waals surface area contributed by atoms with Crippen LogP contribution in [0, 0.1) is 0 Å². The van der Waals surface area contributed by atoms with Gasteiger partial charge in [-0.2, -0.15) is 0 Å². The van der Waals surface area contributed by atoms with Gasteiger partial charge in [0, 0.05) is 13.1 Å². The number of hydrogen-bond acceptors (Lipinski definition) is 4. The van der Waals surface area contributed by atoms with Crippen LogP contribution in [0.4, 0.5) is 0 Å². The average Bonchev–Trinajstić information content (AvgIpc) is 2.17. The summed E-state index contributed by atoms with van der Waals surface area (Å²) in [6.07, 6.45) is -1.39. The Balaban J connectivity index is 2.39. The fourth-order valence-corrected chi connectivity index (χ4v) is 1.06. The van der Waals surface area contributed by atoms with Crippen LogP contribution in [-0.2, 0) is 19.4 Å². The van der Waals surface area contributed by atoms with Gasteiger partial charge in [-0.05, 0) is 0 Å². The summed E-state index contributed by atoms with van der Waals surface area (Å²) in [6, 6.07) is 0. The standard InChI is InChI=1S/C7H12NO4/c1-11-7(10)6(9)8-2-4-12-5-3-8/h6H,2-5H2,1H3. The van der Waals surface area contributed by atoms with Gasteiger partial charge in [-0.1, -0.05) is 0 Å². The first-order chi connectivity index (χ1) is 5.75. The van der Waals surface area contributed by atoms with E-state index < -0.39 is 12.2 Å². The van der Waals surface area contributed by atoms with E-state index in [2.05, 4.69) is 4.74 Å². The first kappa shape index (κ1) is 9.44. The van der Waals surface area contributed by atoms with Gasteiger partial charge in [0.1, 0.15) is 0 Å². The molecule has 0 aromatic carbocycles. The molecule has 69 valence electrons. The maximum atomic E-state index is 11.2. The molecular weight excluding hydrogens is 162 g/mol. The number of ether oxygens (including phenoxy) is 2. The van der Waals surface area contributed by atoms with Gasteiger partial charge in [-0.3, -0.25) is 4.90 Å². The van der Waals surface area contributed by atoms with Gasteiger partial charge in [0.25, 0.3) is 0 Å². The third-order valence-electron chi connectivity index (χ3n) is 1.78. The van der Waals surface area contributed by atoms with Crippen molar-refractivity contribution >= 4 is 5.97 Å². The second-order valence-electron chi connectivity index (χ2n) is 2.52. The molecule has 1 fully saturated rings. The Kier molecular flexibility index (Phi) is 3.46. The Bertz CT molecular complexity index is 155. The Morgan fingerprint density at radius 3 is 2.58 bits per heavy atom. The number of rotatable bonds is 2. The highest BCUT2D eigenvalue weighted by molar-refractivity contribution is 5.73. The van der Waals surface area contributed by atoms with Crippen molar-refractivity contribution in [3.05, 3.63) is 0 Å². The van der Waals surface area contributed by atoms with Crippen LogP contribution >= 0.6 is 0 Å². The first-order valence-corrected chi connectivity index (χ1v) is 3.81. The minimum atomic E-state index is -1.39. The molecule has 1 aliphatic heterocycles. The van der Waals surface area contributed by atoms with Crippen molar-refractivity contribution < 1.29 is 19.4 Å². The van der Waals surface area contributed by atoms with E-state index in [1.807, 2.05) is 0 Å². The minimum Gasteiger partial charge on any atom is -0.466 e. The second kappa shape index (κ2) is 4.39. The van der Waals surface area contributed by atoms with Crippen LogP contribution in [0.15, 0.2) is 0 Å². The molecule has 0 saturated carbocycles. The summed E-state index contributed by atoms with van der Waals surface area (Å²) in [5.74, 6) is -0.725. The maximum Gasteiger partial charge on any atom is 0.353 e. The van der Waals surface area contributed by atoms with E-state index in [0.29, 0.717) is 26.3 Å². The molecule has 1 unspecified atom stereocenters. The van der Waals surface area contributed by atoms with Crippen molar-refractivity contribution in [3.63, 3.8) is 0 Å². The highest BCUT2D eigenvalue weighted by Crippen LogP contribution is 2.02. The molecule has 0 spiro atoms. The van der Waals surface area contributed by atoms with E-state index in [0.717, 1.165) is 0 Å². The van der Waals surface area contributed by atoms with Crippen molar-refractivity contribution in [2.45, 2.75) is 6.23 Å². The molecule has 5 heteroatoms. The largest absolute Gasteiger partial charge is 0.466 e. The molecule has 12 heavy (non-hydrogen) atoms. The lowest BCUT2D eigenvalue weighted by molar-refractivity contribution is -0.173. The lowest BCUT2D eigenvalue weighted by Crippen LogP contribution is -2.47. The summed E-state index contributed by atoms with van der Waals surface area (Å²) >= 11 is 0. The summed E-state index contributed by atoms with van der Waals surface area (Å²) < 4.78 is 9.36. The van der Waals surface area contributed by atoms with Crippen LogP contribution in [-0.4, -0.2) is 50.5 Å². The average molecular weight is 174 g/mol. The Labute approximate surface area is 70.9 Å². The monoisotopic (exact) mass is 174 g/mol. The van der Waals surface area contributed by atoms with E-state index in [1.165, 1.54) is 12.0 Å². The molecule has 0 amide bonds. The minimum absolute atomic E-state index is 0.503. The molecule has 1 heterocycles. The highest BCUT2D eigenvalue weighted by Gasteiger charge is 2.27. The number of nitrogens with zero attached hydrogens (tertiary/aromatic N) is 1. The molecule has 1 rings (SSSR count). The van der Waals surface area contributed by atoms with Crippen LogP contribution in [0.2, 0.25) is 0 Å². The van der Waals surface area contributed by atoms with Crippen molar-refractivity contribution in [3.8, 4) is 0 Å². The zero-order chi connectivity index (χ0) is 8.97. The van der Waals surface area contributed by atoms with Crippen molar-refractivity contribution in [1.29, 1.82) is 0 Å². The number of carbonyl (C=O) groups is 1. The molecule has 0 aliphatic carbocycles. The van der Waals surface area contributed by atoms with Crippen molar-refractivity contribution in [1.82, 2.24) is 4.90 Å². The van der Waals surface area contributed by atoms with Crippen LogP contribution in [0.25, 0.3) is 0 Å². The van der Waals surface area contributed by atoms with Crippen molar-refractivity contribution in [2.75, 3.05) is 33.4 Å². The number of carbonyl (C=O) groups excluding carboxylic acids is 1. The van der Waals surface area contributed by atoms with E-state index in [4.69, 9.17) is 4.74 Å². The number of hydrogen-bond donors (Lipinski definition) is 0. The summed E-state index contributed by atoms with van der Waals surface area (Å²) in [6.45, 7) is 2.03. The van der Waals surface area contributed by atoms with Crippen LogP contribution < -0.4 is 0 Å². The van der Waals surface area contributed by atoms with Crippen LogP contribution in [0.5, 0.6) is 0 Å². The summed E-state index contributed by atoms with van der Waals surface area (Å²) in [4.78, 5) is 12.3. The lowest BCUT2D eigenvalue weighted by Gasteiger charge is -2.27. The SMILES string of the molecule is COC(=O)C([O])N1CCOCC1. The van der Waals surface area contributed by atoms with Gasteiger partial charge in [-0.25, -0.2) is 9.90 Å². The molecule has 1 saturated heterocycles. The van der Waals surface area contributed by atoms with E-state index in [9.17, 15) is 9.90 Å². The van der Waals surface area contributed by atoms with Gasteiger partial charge in [0.2, 0.25) is 6.23 Å². The molecule has 5 nitrogen and oxygen atoms in total. The van der Waals surface area contributed by atoms with Crippen molar-refractivity contribution in [2.24, 2.45) is 0 Å². The zero-order valence-electron chi connectivity index (χ0n) is 6.99. The maximum absolute atomic E-state index is 11.2. The van der Waals surface area contributed by atoms with Crippen LogP contribution in [0.3, 0.4) is 0 Å². The van der Waals surface area contributed by atoms with Gasteiger partial charge in [-0.15, -0.1) is 0 Å². The Hall–Kier alpha value is -0.650. The second-order valence-corrected chi connectivity index (χ2v) is 2.52. The molecule has 0 aromatic heterocycles. The Morgan fingerprint density at radius 2 is 2.08 bits per heavy atom. The molecule has 1 aliphatic rings. The Morgan fingerprint density at radius 1 is 1.50 bits per heavy atom. The van der Waals surface area contributed by atoms with E-state index in [-0.39, 0.29) is 0 Å². The number of esters is 1. The van der Waals surface area contributed by atoms with Gasteiger partial charge in [0.15, 0.2) is 0 Å². The predicted octanol–water partition coefficient (Wildman–Crippen LogP) is -0.752. The summed E-state index contributed by atoms with van der Waals surface area (Å²) in [7, 11) is 1.22. The summed E-state index contributed by atoms with van der Waals surface area (Å²) in [5, 5.41) is 11.2. The molecule has 0 bridgehead atoms. The third kappa shape index (κ3) is 2.17. The molecule has 1 atom stereocenters. The smallest absolute Gasteiger partial charge is 0.353 e. The van der Waals surface area contributed by atoms with Gasteiger partial charge in [0.05, 0.1) is 20.3 Å². The fourth-order valence-electron chi connectivity index (χ4n) is 1.06. The van der Waals surface area contributed by atoms with E-state index >= 15 is 0 Å². The predicted molar refractivity (Wildman–Crippen MR) is 38.9 cm³/mol. The highest BCUT2D eigenvalue weighted by atomic mass is 16.5. The molecular formula is C7H12NO4. The molecule has 1 radical (unpaired) electrons. The van der Waals surface area contributed by atoms with E-state index in [1.54, 1.807) is 0 Å².